The van der Waals surface area contributed by atoms with Gasteiger partial charge in [-0.25, -0.2) is 18.2 Å². The van der Waals surface area contributed by atoms with Crippen LogP contribution in [0, 0.1) is 0 Å². The summed E-state index contributed by atoms with van der Waals surface area (Å²) in [5.74, 6) is 0.765. The van der Waals surface area contributed by atoms with Gasteiger partial charge in [0.15, 0.2) is 0 Å². The summed E-state index contributed by atoms with van der Waals surface area (Å²) >= 11 is 0. The van der Waals surface area contributed by atoms with E-state index in [1.54, 1.807) is 42.5 Å². The quantitative estimate of drug-likeness (QED) is 0.464. The summed E-state index contributed by atoms with van der Waals surface area (Å²) in [4.78, 5) is 17.2. The van der Waals surface area contributed by atoms with Crippen LogP contribution in [0.25, 0.3) is 11.0 Å². The SMILES string of the molecule is CCOc1ccc(C(=O)OCc2nc3cc(S(=O)(=O)N4CCOCC4)ccc3n2CC)cc1. The van der Waals surface area contributed by atoms with Crippen molar-refractivity contribution < 1.29 is 27.4 Å². The molecule has 2 heterocycles. The number of aromatic nitrogens is 2. The van der Waals surface area contributed by atoms with Crippen LogP contribution in [0.1, 0.15) is 30.0 Å². The molecule has 0 aliphatic carbocycles. The molecule has 0 spiro atoms. The van der Waals surface area contributed by atoms with Gasteiger partial charge in [-0.3, -0.25) is 0 Å². The minimum absolute atomic E-state index is 0.0277. The molecule has 0 N–H and O–H groups in total. The van der Waals surface area contributed by atoms with E-state index in [2.05, 4.69) is 4.98 Å². The second-order valence-corrected chi connectivity index (χ2v) is 9.41. The van der Waals surface area contributed by atoms with E-state index in [1.807, 2.05) is 18.4 Å². The highest BCUT2D eigenvalue weighted by atomic mass is 32.2. The van der Waals surface area contributed by atoms with Gasteiger partial charge in [0.05, 0.1) is 41.3 Å². The summed E-state index contributed by atoms with van der Waals surface area (Å²) in [6, 6.07) is 11.7. The first-order chi connectivity index (χ1) is 15.9. The van der Waals surface area contributed by atoms with Gasteiger partial charge in [0.25, 0.3) is 0 Å². The third-order valence-corrected chi connectivity index (χ3v) is 7.35. The normalized spacial score (nSPS) is 15.0. The third kappa shape index (κ3) is 4.87. The van der Waals surface area contributed by atoms with Gasteiger partial charge >= 0.3 is 5.97 Å². The molecule has 1 fully saturated rings. The lowest BCUT2D eigenvalue weighted by Gasteiger charge is -2.26. The number of carbonyl (C=O) groups is 1. The molecule has 0 bridgehead atoms. The van der Waals surface area contributed by atoms with Gasteiger partial charge in [0.2, 0.25) is 10.0 Å². The van der Waals surface area contributed by atoms with Gasteiger partial charge < -0.3 is 18.8 Å². The lowest BCUT2D eigenvalue weighted by Crippen LogP contribution is -2.40. The average Bonchev–Trinajstić information content (AvgIpc) is 3.20. The monoisotopic (exact) mass is 473 g/mol. The van der Waals surface area contributed by atoms with Crippen LogP contribution in [0.5, 0.6) is 5.75 Å². The van der Waals surface area contributed by atoms with Crippen LogP contribution in [0.15, 0.2) is 47.4 Å². The maximum absolute atomic E-state index is 13.0. The standard InChI is InChI=1S/C23H27N3O6S/c1-3-26-21-10-9-19(33(28,29)25-11-13-30-14-12-25)15-20(21)24-22(26)16-32-23(27)17-5-7-18(8-6-17)31-4-2/h5-10,15H,3-4,11-14,16H2,1-2H3. The minimum atomic E-state index is -3.62. The highest BCUT2D eigenvalue weighted by molar-refractivity contribution is 7.89. The zero-order chi connectivity index (χ0) is 23.4. The molecule has 0 atom stereocenters. The Balaban J connectivity index is 1.53. The first-order valence-corrected chi connectivity index (χ1v) is 12.3. The van der Waals surface area contributed by atoms with E-state index in [9.17, 15) is 13.2 Å². The number of morpholine rings is 1. The fraction of sp³-hybridized carbons (Fsp3) is 0.391. The van der Waals surface area contributed by atoms with Crippen molar-refractivity contribution in [2.75, 3.05) is 32.9 Å². The molecule has 1 saturated heterocycles. The summed E-state index contributed by atoms with van der Waals surface area (Å²) in [5, 5.41) is 0. The summed E-state index contributed by atoms with van der Waals surface area (Å²) in [7, 11) is -3.62. The predicted molar refractivity (Wildman–Crippen MR) is 122 cm³/mol. The third-order valence-electron chi connectivity index (χ3n) is 5.46. The Morgan fingerprint density at radius 3 is 2.48 bits per heavy atom. The Morgan fingerprint density at radius 1 is 1.09 bits per heavy atom. The molecule has 10 heteroatoms. The Labute approximate surface area is 192 Å². The van der Waals surface area contributed by atoms with Crippen LogP contribution in [0.3, 0.4) is 0 Å². The van der Waals surface area contributed by atoms with Gasteiger partial charge in [0.1, 0.15) is 18.2 Å². The van der Waals surface area contributed by atoms with E-state index in [1.165, 1.54) is 4.31 Å². The zero-order valence-corrected chi connectivity index (χ0v) is 19.5. The predicted octanol–water partition coefficient (Wildman–Crippen LogP) is 2.83. The molecule has 4 rings (SSSR count). The van der Waals surface area contributed by atoms with E-state index in [0.717, 1.165) is 5.52 Å². The number of imidazole rings is 1. The topological polar surface area (TPSA) is 100.0 Å². The maximum atomic E-state index is 13.0. The molecule has 0 amide bonds. The van der Waals surface area contributed by atoms with Crippen molar-refractivity contribution >= 4 is 27.0 Å². The second-order valence-electron chi connectivity index (χ2n) is 7.47. The minimum Gasteiger partial charge on any atom is -0.494 e. The van der Waals surface area contributed by atoms with Gasteiger partial charge in [-0.05, 0) is 56.3 Å². The van der Waals surface area contributed by atoms with Gasteiger partial charge in [-0.15, -0.1) is 0 Å². The van der Waals surface area contributed by atoms with Crippen LogP contribution in [0.4, 0.5) is 0 Å². The van der Waals surface area contributed by atoms with Crippen molar-refractivity contribution in [3.8, 4) is 5.75 Å². The largest absolute Gasteiger partial charge is 0.494 e. The van der Waals surface area contributed by atoms with Gasteiger partial charge in [-0.1, -0.05) is 0 Å². The Kier molecular flexibility index (Phi) is 6.96. The summed E-state index contributed by atoms with van der Waals surface area (Å²) in [5.41, 5.74) is 1.74. The molecule has 2 aromatic carbocycles. The number of fused-ring (bicyclic) bond motifs is 1. The van der Waals surface area contributed by atoms with Gasteiger partial charge in [-0.2, -0.15) is 4.31 Å². The number of ether oxygens (including phenoxy) is 3. The fourth-order valence-electron chi connectivity index (χ4n) is 3.79. The highest BCUT2D eigenvalue weighted by Gasteiger charge is 2.27. The number of hydrogen-bond acceptors (Lipinski definition) is 7. The van der Waals surface area contributed by atoms with Crippen molar-refractivity contribution in [3.05, 3.63) is 53.9 Å². The Bertz CT molecular complexity index is 1230. The Hall–Kier alpha value is -2.95. The first kappa shape index (κ1) is 23.2. The molecule has 176 valence electrons. The van der Waals surface area contributed by atoms with Crippen LogP contribution < -0.4 is 4.74 Å². The first-order valence-electron chi connectivity index (χ1n) is 10.9. The van der Waals surface area contributed by atoms with Crippen LogP contribution >= 0.6 is 0 Å². The molecule has 33 heavy (non-hydrogen) atoms. The van der Waals surface area contributed by atoms with Crippen LogP contribution in [-0.2, 0) is 32.6 Å². The molecule has 0 unspecified atom stereocenters. The molecule has 1 aromatic heterocycles. The van der Waals surface area contributed by atoms with E-state index >= 15 is 0 Å². The second kappa shape index (κ2) is 9.90. The molecule has 9 nitrogen and oxygen atoms in total. The van der Waals surface area contributed by atoms with Crippen molar-refractivity contribution in [2.24, 2.45) is 0 Å². The van der Waals surface area contributed by atoms with Crippen molar-refractivity contribution in [1.82, 2.24) is 13.9 Å². The lowest BCUT2D eigenvalue weighted by atomic mass is 10.2. The summed E-state index contributed by atoms with van der Waals surface area (Å²) in [6.45, 7) is 6.40. The van der Waals surface area contributed by atoms with Crippen LogP contribution in [0.2, 0.25) is 0 Å². The van der Waals surface area contributed by atoms with E-state index < -0.39 is 16.0 Å². The highest BCUT2D eigenvalue weighted by Crippen LogP contribution is 2.24. The maximum Gasteiger partial charge on any atom is 0.338 e. The number of sulfonamides is 1. The van der Waals surface area contributed by atoms with E-state index in [4.69, 9.17) is 14.2 Å². The molecular weight excluding hydrogens is 446 g/mol. The molecular formula is C23H27N3O6S. The molecule has 0 saturated carbocycles. The lowest BCUT2D eigenvalue weighted by molar-refractivity contribution is 0.0458. The number of rotatable bonds is 8. The zero-order valence-electron chi connectivity index (χ0n) is 18.7. The number of esters is 1. The molecule has 1 aliphatic rings. The Morgan fingerprint density at radius 2 is 1.82 bits per heavy atom. The number of hydrogen-bond donors (Lipinski definition) is 0. The molecule has 3 aromatic rings. The number of aryl methyl sites for hydroxylation is 1. The molecule has 0 radical (unpaired) electrons. The van der Waals surface area contributed by atoms with E-state index in [0.29, 0.717) is 62.1 Å². The van der Waals surface area contributed by atoms with Crippen molar-refractivity contribution in [3.63, 3.8) is 0 Å². The molecule has 1 aliphatic heterocycles. The average molecular weight is 474 g/mol. The van der Waals surface area contributed by atoms with Crippen molar-refractivity contribution in [1.29, 1.82) is 0 Å². The smallest absolute Gasteiger partial charge is 0.338 e. The van der Waals surface area contributed by atoms with Crippen molar-refractivity contribution in [2.45, 2.75) is 31.9 Å². The number of nitrogens with zero attached hydrogens (tertiary/aromatic N) is 3. The summed E-state index contributed by atoms with van der Waals surface area (Å²) < 4.78 is 45.4. The van der Waals surface area contributed by atoms with E-state index in [-0.39, 0.29) is 11.5 Å². The van der Waals surface area contributed by atoms with Crippen LogP contribution in [-0.4, -0.2) is 61.2 Å². The fourth-order valence-corrected chi connectivity index (χ4v) is 5.21. The summed E-state index contributed by atoms with van der Waals surface area (Å²) in [6.07, 6.45) is 0. The van der Waals surface area contributed by atoms with Gasteiger partial charge in [0, 0.05) is 19.6 Å². The number of benzene rings is 2. The number of carbonyl (C=O) groups excluding carboxylic acids is 1.